The Hall–Kier alpha value is -2.86. The summed E-state index contributed by atoms with van der Waals surface area (Å²) in [4.78, 5) is 0. The normalized spacial score (nSPS) is 15.1. The van der Waals surface area contributed by atoms with Crippen LogP contribution in [-0.4, -0.2) is 0 Å². The minimum absolute atomic E-state index is 1.10. The van der Waals surface area contributed by atoms with Crippen molar-refractivity contribution in [3.63, 3.8) is 0 Å². The molecule has 29 heavy (non-hydrogen) atoms. The standard InChI is InChI=1S/C29H24/c1-2-3-4-5-6-7-8-21-22-13-11-19-15-17-9-10-18-16-20-12-14-23(21)29-27(20)25(18)24(17)26(19)28(22)29/h6-14H,2-5,15-16H2,1H3/b7-6+. The molecule has 140 valence electrons. The molecule has 0 radical (unpaired) electrons. The lowest BCUT2D eigenvalue weighted by Crippen LogP contribution is -1.84. The third-order valence-corrected chi connectivity index (χ3v) is 7.43. The van der Waals surface area contributed by atoms with E-state index in [4.69, 9.17) is 0 Å². The third kappa shape index (κ3) is 1.90. The first-order valence-corrected chi connectivity index (χ1v) is 11.2. The van der Waals surface area contributed by atoms with Gasteiger partial charge in [0.25, 0.3) is 0 Å². The van der Waals surface area contributed by atoms with Crippen molar-refractivity contribution < 1.29 is 0 Å². The molecule has 0 saturated carbocycles. The summed E-state index contributed by atoms with van der Waals surface area (Å²) in [7, 11) is 0. The van der Waals surface area contributed by atoms with Gasteiger partial charge in [-0.15, -0.1) is 0 Å². The molecule has 0 heterocycles. The Morgan fingerprint density at radius 3 is 1.72 bits per heavy atom. The van der Waals surface area contributed by atoms with E-state index in [-0.39, 0.29) is 0 Å². The van der Waals surface area contributed by atoms with E-state index < -0.39 is 0 Å². The molecular formula is C29H24. The number of rotatable bonds is 5. The maximum absolute atomic E-state index is 2.39. The van der Waals surface area contributed by atoms with Crippen LogP contribution in [0.3, 0.4) is 0 Å². The fraction of sp³-hybridized carbons (Fsp3) is 0.241. The number of hydrogen-bond acceptors (Lipinski definition) is 0. The topological polar surface area (TPSA) is 0 Å². The van der Waals surface area contributed by atoms with Gasteiger partial charge in [0.1, 0.15) is 0 Å². The van der Waals surface area contributed by atoms with Crippen molar-refractivity contribution in [3.05, 3.63) is 88.0 Å². The molecule has 0 aliphatic heterocycles. The van der Waals surface area contributed by atoms with Gasteiger partial charge < -0.3 is 0 Å². The van der Waals surface area contributed by atoms with Gasteiger partial charge in [-0.1, -0.05) is 74.4 Å². The first-order valence-electron chi connectivity index (χ1n) is 11.2. The van der Waals surface area contributed by atoms with Gasteiger partial charge in [-0.05, 0) is 97.0 Å². The SMILES string of the molecule is CCCCC/C=C/C=C1c2ccc3c4c5c(ccc6c5c5c(ccc1c5c24)C6)C3. The maximum Gasteiger partial charge on any atom is -0.00108 e. The first-order chi connectivity index (χ1) is 14.4. The molecule has 0 spiro atoms. The lowest BCUT2D eigenvalue weighted by molar-refractivity contribution is 0.729. The van der Waals surface area contributed by atoms with Crippen LogP contribution >= 0.6 is 0 Å². The molecule has 0 bridgehead atoms. The first kappa shape index (κ1) is 16.0. The Labute approximate surface area is 171 Å². The summed E-state index contributed by atoms with van der Waals surface area (Å²) in [5, 5.41) is 9.30. The fourth-order valence-electron chi connectivity index (χ4n) is 6.19. The molecule has 7 rings (SSSR count). The largest absolute Gasteiger partial charge is 0.0845 e. The molecule has 0 aromatic heterocycles. The zero-order valence-corrected chi connectivity index (χ0v) is 16.9. The van der Waals surface area contributed by atoms with Gasteiger partial charge in [0.05, 0.1) is 0 Å². The molecule has 4 aromatic carbocycles. The lowest BCUT2D eigenvalue weighted by Gasteiger charge is -2.08. The second-order valence-corrected chi connectivity index (χ2v) is 9.04. The molecule has 0 amide bonds. The minimum Gasteiger partial charge on any atom is -0.0845 e. The van der Waals surface area contributed by atoms with Crippen LogP contribution in [0.5, 0.6) is 0 Å². The van der Waals surface area contributed by atoms with Crippen LogP contribution in [0.25, 0.3) is 37.9 Å². The molecule has 3 aliphatic carbocycles. The Morgan fingerprint density at radius 1 is 0.655 bits per heavy atom. The minimum atomic E-state index is 1.10. The average Bonchev–Trinajstić information content (AvgIpc) is 3.39. The third-order valence-electron chi connectivity index (χ3n) is 7.43. The Bertz CT molecular complexity index is 1340. The van der Waals surface area contributed by atoms with Gasteiger partial charge in [0.2, 0.25) is 0 Å². The highest BCUT2D eigenvalue weighted by Gasteiger charge is 2.32. The molecular weight excluding hydrogens is 348 g/mol. The van der Waals surface area contributed by atoms with Crippen LogP contribution in [0.2, 0.25) is 0 Å². The van der Waals surface area contributed by atoms with E-state index in [1.165, 1.54) is 75.4 Å². The van der Waals surface area contributed by atoms with Gasteiger partial charge in [0, 0.05) is 0 Å². The quantitative estimate of drug-likeness (QED) is 0.213. The van der Waals surface area contributed by atoms with Gasteiger partial charge in [-0.25, -0.2) is 0 Å². The summed E-state index contributed by atoms with van der Waals surface area (Å²) in [6.45, 7) is 2.27. The van der Waals surface area contributed by atoms with Crippen molar-refractivity contribution in [2.24, 2.45) is 0 Å². The molecule has 0 N–H and O–H groups in total. The predicted molar refractivity (Wildman–Crippen MR) is 125 cm³/mol. The van der Waals surface area contributed by atoms with E-state index in [1.807, 2.05) is 0 Å². The van der Waals surface area contributed by atoms with Crippen LogP contribution in [0.15, 0.2) is 54.6 Å². The van der Waals surface area contributed by atoms with Crippen LogP contribution in [0, 0.1) is 0 Å². The smallest absolute Gasteiger partial charge is 0.00108 e. The number of allylic oxidation sites excluding steroid dienone is 3. The highest BCUT2D eigenvalue weighted by atomic mass is 14.3. The molecule has 0 atom stereocenters. The zero-order valence-electron chi connectivity index (χ0n) is 16.9. The van der Waals surface area contributed by atoms with Gasteiger partial charge in [-0.2, -0.15) is 0 Å². The summed E-state index contributed by atoms with van der Waals surface area (Å²) in [5.41, 5.74) is 10.4. The molecule has 0 heteroatoms. The molecule has 0 unspecified atom stereocenters. The van der Waals surface area contributed by atoms with E-state index in [9.17, 15) is 0 Å². The van der Waals surface area contributed by atoms with Gasteiger partial charge >= 0.3 is 0 Å². The van der Waals surface area contributed by atoms with E-state index in [2.05, 4.69) is 61.5 Å². The highest BCUT2D eigenvalue weighted by Crippen LogP contribution is 2.55. The Balaban J connectivity index is 1.54. The molecule has 4 aromatic rings. The van der Waals surface area contributed by atoms with Crippen LogP contribution in [0.1, 0.15) is 66.0 Å². The van der Waals surface area contributed by atoms with Crippen molar-refractivity contribution in [3.8, 4) is 0 Å². The molecule has 0 nitrogen and oxygen atoms in total. The van der Waals surface area contributed by atoms with Crippen molar-refractivity contribution >= 4 is 37.9 Å². The van der Waals surface area contributed by atoms with Crippen LogP contribution in [-0.2, 0) is 12.8 Å². The Morgan fingerprint density at radius 2 is 1.17 bits per heavy atom. The van der Waals surface area contributed by atoms with Crippen molar-refractivity contribution in [2.45, 2.75) is 45.4 Å². The van der Waals surface area contributed by atoms with Crippen LogP contribution in [0.4, 0.5) is 0 Å². The number of benzene rings is 4. The maximum atomic E-state index is 2.39. The average molecular weight is 373 g/mol. The summed E-state index contributed by atoms with van der Waals surface area (Å²) >= 11 is 0. The highest BCUT2D eigenvalue weighted by molar-refractivity contribution is 6.37. The summed E-state index contributed by atoms with van der Waals surface area (Å²) in [6, 6.07) is 14.4. The van der Waals surface area contributed by atoms with E-state index in [1.54, 1.807) is 21.5 Å². The van der Waals surface area contributed by atoms with E-state index >= 15 is 0 Å². The van der Waals surface area contributed by atoms with Gasteiger partial charge in [-0.3, -0.25) is 0 Å². The molecule has 0 saturated heterocycles. The summed E-state index contributed by atoms with van der Waals surface area (Å²) in [6.07, 6.45) is 14.3. The van der Waals surface area contributed by atoms with Crippen molar-refractivity contribution in [1.29, 1.82) is 0 Å². The zero-order chi connectivity index (χ0) is 19.1. The second-order valence-electron chi connectivity index (χ2n) is 9.04. The molecule has 3 aliphatic rings. The predicted octanol–water partition coefficient (Wildman–Crippen LogP) is 7.84. The second kappa shape index (κ2) is 5.60. The monoisotopic (exact) mass is 372 g/mol. The van der Waals surface area contributed by atoms with Crippen molar-refractivity contribution in [2.75, 3.05) is 0 Å². The summed E-state index contributed by atoms with van der Waals surface area (Å²) < 4.78 is 0. The molecule has 0 fully saturated rings. The Kier molecular flexibility index (Phi) is 3.09. The number of hydrogen-bond donors (Lipinski definition) is 0. The van der Waals surface area contributed by atoms with E-state index in [0.29, 0.717) is 0 Å². The van der Waals surface area contributed by atoms with Crippen molar-refractivity contribution in [1.82, 2.24) is 0 Å². The lowest BCUT2D eigenvalue weighted by atomic mass is 9.95. The van der Waals surface area contributed by atoms with E-state index in [0.717, 1.165) is 12.8 Å². The fourth-order valence-corrected chi connectivity index (χ4v) is 6.19. The van der Waals surface area contributed by atoms with Crippen LogP contribution < -0.4 is 0 Å². The number of unbranched alkanes of at least 4 members (excludes halogenated alkanes) is 3. The van der Waals surface area contributed by atoms with Gasteiger partial charge in [0.15, 0.2) is 0 Å². The summed E-state index contributed by atoms with van der Waals surface area (Å²) in [5.74, 6) is 0.